The minimum absolute atomic E-state index is 0.243. The normalized spacial score (nSPS) is 13.7. The highest BCUT2D eigenvalue weighted by Crippen LogP contribution is 2.30. The molecule has 1 heterocycles. The predicted octanol–water partition coefficient (Wildman–Crippen LogP) is 2.21. The lowest BCUT2D eigenvalue weighted by molar-refractivity contribution is 0.331. The number of hydrogen-bond donors (Lipinski definition) is 2. The van der Waals surface area contributed by atoms with Gasteiger partial charge < -0.3 is 11.1 Å². The van der Waals surface area contributed by atoms with Crippen LogP contribution in [0, 0.1) is 5.41 Å². The number of nitrogens with one attached hydrogen (secondary N) is 1. The van der Waals surface area contributed by atoms with Crippen LogP contribution in [0.3, 0.4) is 0 Å². The van der Waals surface area contributed by atoms with Crippen molar-refractivity contribution in [1.82, 2.24) is 14.8 Å². The average Bonchev–Trinajstić information content (AvgIpc) is 2.68. The zero-order chi connectivity index (χ0) is 13.8. The van der Waals surface area contributed by atoms with Crippen molar-refractivity contribution in [2.75, 3.05) is 18.4 Å². The standard InChI is InChI=1S/C13H27N5/c1-6-15-12-17-16-11(18(12)7-2)10(9-14)8-13(3,4)5/h10H,6-9,14H2,1-5H3,(H,15,17). The second kappa shape index (κ2) is 6.18. The lowest BCUT2D eigenvalue weighted by Crippen LogP contribution is -2.23. The number of hydrogen-bond acceptors (Lipinski definition) is 4. The first kappa shape index (κ1) is 15.0. The van der Waals surface area contributed by atoms with E-state index >= 15 is 0 Å². The van der Waals surface area contributed by atoms with Crippen LogP contribution in [0.4, 0.5) is 5.95 Å². The summed E-state index contributed by atoms with van der Waals surface area (Å²) in [6.45, 7) is 13.2. The van der Waals surface area contributed by atoms with Crippen molar-refractivity contribution in [2.24, 2.45) is 11.1 Å². The fourth-order valence-corrected chi connectivity index (χ4v) is 2.24. The summed E-state index contributed by atoms with van der Waals surface area (Å²) in [4.78, 5) is 0. The van der Waals surface area contributed by atoms with Gasteiger partial charge in [0.25, 0.3) is 0 Å². The molecule has 104 valence electrons. The summed E-state index contributed by atoms with van der Waals surface area (Å²) in [7, 11) is 0. The Morgan fingerprint density at radius 2 is 1.94 bits per heavy atom. The first-order valence-electron chi connectivity index (χ1n) is 6.80. The van der Waals surface area contributed by atoms with E-state index in [1.807, 2.05) is 0 Å². The summed E-state index contributed by atoms with van der Waals surface area (Å²) in [5, 5.41) is 11.8. The van der Waals surface area contributed by atoms with Gasteiger partial charge >= 0.3 is 0 Å². The third kappa shape index (κ3) is 3.70. The van der Waals surface area contributed by atoms with E-state index in [0.29, 0.717) is 6.54 Å². The van der Waals surface area contributed by atoms with Crippen molar-refractivity contribution in [3.8, 4) is 0 Å². The van der Waals surface area contributed by atoms with E-state index < -0.39 is 0 Å². The molecule has 5 nitrogen and oxygen atoms in total. The first-order valence-corrected chi connectivity index (χ1v) is 6.80. The van der Waals surface area contributed by atoms with Gasteiger partial charge in [-0.15, -0.1) is 10.2 Å². The molecule has 0 spiro atoms. The van der Waals surface area contributed by atoms with Crippen LogP contribution >= 0.6 is 0 Å². The highest BCUT2D eigenvalue weighted by Gasteiger charge is 2.24. The molecule has 5 heteroatoms. The molecule has 0 aliphatic carbocycles. The zero-order valence-corrected chi connectivity index (χ0v) is 12.3. The minimum atomic E-state index is 0.243. The summed E-state index contributed by atoms with van der Waals surface area (Å²) in [5.74, 6) is 2.12. The molecule has 0 amide bonds. The van der Waals surface area contributed by atoms with E-state index in [0.717, 1.165) is 31.3 Å². The molecule has 0 bridgehead atoms. The van der Waals surface area contributed by atoms with Crippen LogP contribution in [0.1, 0.15) is 52.8 Å². The van der Waals surface area contributed by atoms with E-state index in [9.17, 15) is 0 Å². The number of nitrogens with two attached hydrogens (primary N) is 1. The molecular formula is C13H27N5. The molecule has 1 aromatic heterocycles. The largest absolute Gasteiger partial charge is 0.355 e. The Labute approximate surface area is 110 Å². The Kier molecular flexibility index (Phi) is 5.14. The molecule has 0 aliphatic heterocycles. The van der Waals surface area contributed by atoms with E-state index in [1.165, 1.54) is 0 Å². The smallest absolute Gasteiger partial charge is 0.224 e. The van der Waals surface area contributed by atoms with Crippen molar-refractivity contribution in [1.29, 1.82) is 0 Å². The predicted molar refractivity (Wildman–Crippen MR) is 75.7 cm³/mol. The van der Waals surface area contributed by atoms with Crippen molar-refractivity contribution in [3.63, 3.8) is 0 Å². The first-order chi connectivity index (χ1) is 8.42. The molecule has 1 rings (SSSR count). The second-order valence-electron chi connectivity index (χ2n) is 5.85. The maximum atomic E-state index is 5.92. The van der Waals surface area contributed by atoms with Crippen LogP contribution in [-0.4, -0.2) is 27.9 Å². The SMILES string of the molecule is CCNc1nnc(C(CN)CC(C)(C)C)n1CC. The number of aromatic nitrogens is 3. The average molecular weight is 253 g/mol. The molecule has 1 unspecified atom stereocenters. The molecular weight excluding hydrogens is 226 g/mol. The molecule has 0 aliphatic rings. The fraction of sp³-hybridized carbons (Fsp3) is 0.846. The summed E-state index contributed by atoms with van der Waals surface area (Å²) >= 11 is 0. The van der Waals surface area contributed by atoms with Gasteiger partial charge in [0.2, 0.25) is 5.95 Å². The summed E-state index contributed by atoms with van der Waals surface area (Å²) in [6.07, 6.45) is 1.02. The maximum absolute atomic E-state index is 5.92. The minimum Gasteiger partial charge on any atom is -0.355 e. The van der Waals surface area contributed by atoms with Crippen LogP contribution in [0.5, 0.6) is 0 Å². The van der Waals surface area contributed by atoms with Crippen molar-refractivity contribution >= 4 is 5.95 Å². The van der Waals surface area contributed by atoms with Crippen LogP contribution in [0.15, 0.2) is 0 Å². The van der Waals surface area contributed by atoms with Gasteiger partial charge in [-0.1, -0.05) is 20.8 Å². The highest BCUT2D eigenvalue weighted by molar-refractivity contribution is 5.26. The van der Waals surface area contributed by atoms with E-state index in [4.69, 9.17) is 5.73 Å². The van der Waals surface area contributed by atoms with Gasteiger partial charge in [-0.25, -0.2) is 0 Å². The molecule has 18 heavy (non-hydrogen) atoms. The van der Waals surface area contributed by atoms with Crippen LogP contribution in [-0.2, 0) is 6.54 Å². The monoisotopic (exact) mass is 253 g/mol. The van der Waals surface area contributed by atoms with Gasteiger partial charge in [-0.05, 0) is 25.7 Å². The third-order valence-electron chi connectivity index (χ3n) is 2.94. The van der Waals surface area contributed by atoms with E-state index in [1.54, 1.807) is 0 Å². The van der Waals surface area contributed by atoms with Gasteiger partial charge in [-0.2, -0.15) is 0 Å². The Morgan fingerprint density at radius 3 is 2.39 bits per heavy atom. The topological polar surface area (TPSA) is 68.8 Å². The molecule has 3 N–H and O–H groups in total. The lowest BCUT2D eigenvalue weighted by atomic mass is 9.84. The van der Waals surface area contributed by atoms with Gasteiger partial charge in [0.1, 0.15) is 5.82 Å². The number of anilines is 1. The highest BCUT2D eigenvalue weighted by atomic mass is 15.3. The van der Waals surface area contributed by atoms with Gasteiger partial charge in [0, 0.05) is 25.6 Å². The Hall–Kier alpha value is -1.10. The molecule has 0 aromatic carbocycles. The Morgan fingerprint density at radius 1 is 1.28 bits per heavy atom. The quantitative estimate of drug-likeness (QED) is 0.815. The van der Waals surface area contributed by atoms with E-state index in [-0.39, 0.29) is 11.3 Å². The van der Waals surface area contributed by atoms with Crippen LogP contribution in [0.25, 0.3) is 0 Å². The zero-order valence-electron chi connectivity index (χ0n) is 12.3. The maximum Gasteiger partial charge on any atom is 0.224 e. The Bertz CT molecular complexity index is 364. The molecule has 1 aromatic rings. The van der Waals surface area contributed by atoms with Crippen molar-refractivity contribution in [3.05, 3.63) is 5.82 Å². The van der Waals surface area contributed by atoms with Crippen LogP contribution < -0.4 is 11.1 Å². The molecule has 1 atom stereocenters. The molecule has 0 saturated heterocycles. The van der Waals surface area contributed by atoms with Gasteiger partial charge in [0.05, 0.1) is 0 Å². The summed E-state index contributed by atoms with van der Waals surface area (Å²) in [5.41, 5.74) is 6.16. The van der Waals surface area contributed by atoms with E-state index in [2.05, 4.69) is 54.7 Å². The fourth-order valence-electron chi connectivity index (χ4n) is 2.24. The molecule has 0 fully saturated rings. The third-order valence-corrected chi connectivity index (χ3v) is 2.94. The molecule has 0 saturated carbocycles. The van der Waals surface area contributed by atoms with Crippen molar-refractivity contribution < 1.29 is 0 Å². The van der Waals surface area contributed by atoms with Gasteiger partial charge in [0.15, 0.2) is 0 Å². The number of rotatable bonds is 6. The summed E-state index contributed by atoms with van der Waals surface area (Å²) in [6, 6.07) is 0. The lowest BCUT2D eigenvalue weighted by Gasteiger charge is -2.24. The van der Waals surface area contributed by atoms with Crippen molar-refractivity contribution in [2.45, 2.75) is 53.5 Å². The second-order valence-corrected chi connectivity index (χ2v) is 5.85. The molecule has 0 radical (unpaired) electrons. The number of nitrogens with zero attached hydrogens (tertiary/aromatic N) is 3. The summed E-state index contributed by atoms with van der Waals surface area (Å²) < 4.78 is 2.13. The van der Waals surface area contributed by atoms with Crippen LogP contribution in [0.2, 0.25) is 0 Å². The van der Waals surface area contributed by atoms with Gasteiger partial charge in [-0.3, -0.25) is 4.57 Å². The Balaban J connectivity index is 2.98.